The zero-order chi connectivity index (χ0) is 17.9. The van der Waals surface area contributed by atoms with Gasteiger partial charge < -0.3 is 19.7 Å². The molecule has 0 bridgehead atoms. The Morgan fingerprint density at radius 1 is 0.542 bits per heavy atom. The van der Waals surface area contributed by atoms with Crippen LogP contribution >= 0.6 is 23.2 Å². The molecule has 4 nitrogen and oxygen atoms in total. The Morgan fingerprint density at radius 3 is 1.12 bits per heavy atom. The molecular weight excluding hydrogens is 351 g/mol. The minimum absolute atomic E-state index is 0.240. The molecule has 0 saturated carbocycles. The standard InChI is InChI=1S/C18H36Cl2O4/c19-13-17(21)15-23-11-9-7-5-3-1-2-4-6-8-10-12-24-16-18(22)14-20/h17-18,21-22H,1-16H2. The third-order valence-corrected chi connectivity index (χ3v) is 4.52. The maximum atomic E-state index is 9.22. The molecule has 0 saturated heterocycles. The summed E-state index contributed by atoms with van der Waals surface area (Å²) in [6.07, 6.45) is 11.2. The maximum Gasteiger partial charge on any atom is 0.0908 e. The summed E-state index contributed by atoms with van der Waals surface area (Å²) >= 11 is 11.0. The van der Waals surface area contributed by atoms with E-state index in [1.165, 1.54) is 51.4 Å². The normalized spacial score (nSPS) is 14.0. The molecule has 2 atom stereocenters. The molecule has 0 heterocycles. The summed E-state index contributed by atoms with van der Waals surface area (Å²) in [4.78, 5) is 0. The monoisotopic (exact) mass is 386 g/mol. The van der Waals surface area contributed by atoms with Gasteiger partial charge in [0.1, 0.15) is 0 Å². The first kappa shape index (κ1) is 24.4. The van der Waals surface area contributed by atoms with Crippen LogP contribution in [0.15, 0.2) is 0 Å². The molecule has 0 aliphatic carbocycles. The van der Waals surface area contributed by atoms with Crippen molar-refractivity contribution in [2.75, 3.05) is 38.2 Å². The van der Waals surface area contributed by atoms with Crippen molar-refractivity contribution in [3.8, 4) is 0 Å². The van der Waals surface area contributed by atoms with Gasteiger partial charge in [-0.3, -0.25) is 0 Å². The van der Waals surface area contributed by atoms with E-state index in [0.717, 1.165) is 26.1 Å². The number of aliphatic hydroxyl groups is 2. The van der Waals surface area contributed by atoms with Crippen LogP contribution in [0.25, 0.3) is 0 Å². The highest BCUT2D eigenvalue weighted by Crippen LogP contribution is 2.11. The van der Waals surface area contributed by atoms with Gasteiger partial charge in [0.25, 0.3) is 0 Å². The molecule has 6 heteroatoms. The number of aliphatic hydroxyl groups excluding tert-OH is 2. The van der Waals surface area contributed by atoms with Crippen LogP contribution in [0.1, 0.15) is 64.2 Å². The topological polar surface area (TPSA) is 58.9 Å². The van der Waals surface area contributed by atoms with Crippen LogP contribution in [0, 0.1) is 0 Å². The summed E-state index contributed by atoms with van der Waals surface area (Å²) in [7, 11) is 0. The molecule has 0 radical (unpaired) electrons. The molecule has 0 spiro atoms. The van der Waals surface area contributed by atoms with Crippen LogP contribution in [0.5, 0.6) is 0 Å². The van der Waals surface area contributed by atoms with E-state index in [-0.39, 0.29) is 11.8 Å². The number of hydrogen-bond acceptors (Lipinski definition) is 4. The van der Waals surface area contributed by atoms with Crippen LogP contribution in [0.2, 0.25) is 0 Å². The van der Waals surface area contributed by atoms with Crippen LogP contribution in [-0.2, 0) is 9.47 Å². The summed E-state index contributed by atoms with van der Waals surface area (Å²) in [5, 5.41) is 18.4. The summed E-state index contributed by atoms with van der Waals surface area (Å²) in [6, 6.07) is 0. The predicted octanol–water partition coefficient (Wildman–Crippen LogP) is 4.12. The first-order chi connectivity index (χ1) is 11.7. The van der Waals surface area contributed by atoms with Gasteiger partial charge in [-0.15, -0.1) is 23.2 Å². The van der Waals surface area contributed by atoms with Gasteiger partial charge in [0.2, 0.25) is 0 Å². The van der Waals surface area contributed by atoms with E-state index in [1.807, 2.05) is 0 Å². The number of rotatable bonds is 19. The van der Waals surface area contributed by atoms with Crippen molar-refractivity contribution in [3.63, 3.8) is 0 Å². The molecule has 0 aliphatic rings. The second-order valence-corrected chi connectivity index (χ2v) is 6.92. The number of alkyl halides is 2. The largest absolute Gasteiger partial charge is 0.389 e. The van der Waals surface area contributed by atoms with Gasteiger partial charge in [-0.2, -0.15) is 0 Å². The minimum Gasteiger partial charge on any atom is -0.389 e. The van der Waals surface area contributed by atoms with Crippen molar-refractivity contribution in [1.82, 2.24) is 0 Å². The first-order valence-electron chi connectivity index (χ1n) is 9.34. The molecule has 0 rings (SSSR count). The van der Waals surface area contributed by atoms with E-state index < -0.39 is 12.2 Å². The van der Waals surface area contributed by atoms with Crippen LogP contribution in [-0.4, -0.2) is 60.6 Å². The van der Waals surface area contributed by atoms with Crippen molar-refractivity contribution in [2.45, 2.75) is 76.4 Å². The van der Waals surface area contributed by atoms with E-state index in [2.05, 4.69) is 0 Å². The van der Waals surface area contributed by atoms with Crippen molar-refractivity contribution in [2.24, 2.45) is 0 Å². The molecule has 0 fully saturated rings. The second kappa shape index (κ2) is 19.7. The molecule has 0 aromatic rings. The van der Waals surface area contributed by atoms with E-state index in [4.69, 9.17) is 32.7 Å². The Balaban J connectivity index is 3.03. The van der Waals surface area contributed by atoms with Crippen molar-refractivity contribution in [3.05, 3.63) is 0 Å². The highest BCUT2D eigenvalue weighted by atomic mass is 35.5. The summed E-state index contributed by atoms with van der Waals surface area (Å²) in [6.45, 7) is 2.14. The van der Waals surface area contributed by atoms with Crippen molar-refractivity contribution in [1.29, 1.82) is 0 Å². The lowest BCUT2D eigenvalue weighted by Crippen LogP contribution is -2.17. The van der Waals surface area contributed by atoms with E-state index in [0.29, 0.717) is 13.2 Å². The highest BCUT2D eigenvalue weighted by molar-refractivity contribution is 6.18. The maximum absolute atomic E-state index is 9.22. The zero-order valence-corrected chi connectivity index (χ0v) is 16.4. The minimum atomic E-state index is -0.532. The van der Waals surface area contributed by atoms with Gasteiger partial charge in [-0.25, -0.2) is 0 Å². The van der Waals surface area contributed by atoms with Crippen LogP contribution < -0.4 is 0 Å². The smallest absolute Gasteiger partial charge is 0.0908 e. The average Bonchev–Trinajstić information content (AvgIpc) is 2.60. The second-order valence-electron chi connectivity index (χ2n) is 6.30. The third kappa shape index (κ3) is 18.8. The fourth-order valence-corrected chi connectivity index (χ4v) is 2.53. The number of ether oxygens (including phenoxy) is 2. The van der Waals surface area contributed by atoms with Gasteiger partial charge in [0, 0.05) is 13.2 Å². The Bertz CT molecular complexity index is 221. The molecule has 0 aliphatic heterocycles. The molecule has 0 amide bonds. The van der Waals surface area contributed by atoms with E-state index in [9.17, 15) is 10.2 Å². The van der Waals surface area contributed by atoms with Crippen molar-refractivity contribution >= 4 is 23.2 Å². The quantitative estimate of drug-likeness (QED) is 0.259. The fourth-order valence-electron chi connectivity index (χ4n) is 2.35. The first-order valence-corrected chi connectivity index (χ1v) is 10.4. The fraction of sp³-hybridized carbons (Fsp3) is 1.00. The molecule has 0 aromatic heterocycles. The lowest BCUT2D eigenvalue weighted by Gasteiger charge is -2.08. The molecular formula is C18H36Cl2O4. The van der Waals surface area contributed by atoms with Crippen LogP contribution in [0.3, 0.4) is 0 Å². The average molecular weight is 387 g/mol. The van der Waals surface area contributed by atoms with E-state index >= 15 is 0 Å². The summed E-state index contributed by atoms with van der Waals surface area (Å²) < 4.78 is 10.7. The van der Waals surface area contributed by atoms with Gasteiger partial charge in [0.05, 0.1) is 37.2 Å². The predicted molar refractivity (Wildman–Crippen MR) is 101 cm³/mol. The summed E-state index contributed by atoms with van der Waals surface area (Å²) in [5.74, 6) is 0.481. The van der Waals surface area contributed by atoms with Crippen molar-refractivity contribution < 1.29 is 19.7 Å². The van der Waals surface area contributed by atoms with Gasteiger partial charge in [-0.05, 0) is 12.8 Å². The third-order valence-electron chi connectivity index (χ3n) is 3.80. The SMILES string of the molecule is OC(CCl)COCCCCCCCCCCCCOCC(O)CCl. The van der Waals surface area contributed by atoms with Gasteiger partial charge in [-0.1, -0.05) is 51.4 Å². The highest BCUT2D eigenvalue weighted by Gasteiger charge is 2.01. The molecule has 0 aromatic carbocycles. The van der Waals surface area contributed by atoms with Crippen LogP contribution in [0.4, 0.5) is 0 Å². The Kier molecular flexibility index (Phi) is 20.1. The molecule has 146 valence electrons. The molecule has 2 N–H and O–H groups in total. The zero-order valence-electron chi connectivity index (χ0n) is 14.9. The Labute approximate surface area is 157 Å². The summed E-state index contributed by atoms with van der Waals surface area (Å²) in [5.41, 5.74) is 0. The Hall–Kier alpha value is 0.420. The van der Waals surface area contributed by atoms with Gasteiger partial charge >= 0.3 is 0 Å². The molecule has 2 unspecified atom stereocenters. The number of halogens is 2. The lowest BCUT2D eigenvalue weighted by atomic mass is 10.1. The van der Waals surface area contributed by atoms with E-state index in [1.54, 1.807) is 0 Å². The Morgan fingerprint density at radius 2 is 0.833 bits per heavy atom. The number of unbranched alkanes of at least 4 members (excludes halogenated alkanes) is 9. The lowest BCUT2D eigenvalue weighted by molar-refractivity contribution is 0.0460. The van der Waals surface area contributed by atoms with Gasteiger partial charge in [0.15, 0.2) is 0 Å². The number of hydrogen-bond donors (Lipinski definition) is 2. The molecule has 24 heavy (non-hydrogen) atoms.